The van der Waals surface area contributed by atoms with Gasteiger partial charge in [0, 0.05) is 41.7 Å². The van der Waals surface area contributed by atoms with Gasteiger partial charge < -0.3 is 30.3 Å². The van der Waals surface area contributed by atoms with E-state index in [0.29, 0.717) is 30.3 Å². The first-order valence-corrected chi connectivity index (χ1v) is 11.6. The maximum atomic E-state index is 10.7. The molecule has 1 saturated heterocycles. The second-order valence-corrected chi connectivity index (χ2v) is 8.61. The van der Waals surface area contributed by atoms with E-state index in [-0.39, 0.29) is 12.6 Å². The number of nitrogens with one attached hydrogen (secondary N) is 2. The fourth-order valence-corrected chi connectivity index (χ4v) is 4.09. The van der Waals surface area contributed by atoms with Crippen LogP contribution >= 0.6 is 0 Å². The van der Waals surface area contributed by atoms with E-state index < -0.39 is 5.60 Å². The minimum atomic E-state index is -1.17. The number of rotatable bonds is 6. The summed E-state index contributed by atoms with van der Waals surface area (Å²) in [6.07, 6.45) is 1.88. The SMILES string of the molecule is COc1cc(Nc2ncnc3ccc(C#CC4(O)CNC(CO)C4)cc23)ccc1Oc1ccccc1. The third kappa shape index (κ3) is 5.24. The highest BCUT2D eigenvalue weighted by Crippen LogP contribution is 2.35. The molecule has 4 N–H and O–H groups in total. The lowest BCUT2D eigenvalue weighted by atomic mass is 10.0. The Kier molecular flexibility index (Phi) is 6.69. The van der Waals surface area contributed by atoms with Crippen molar-refractivity contribution in [2.75, 3.05) is 25.6 Å². The van der Waals surface area contributed by atoms with Gasteiger partial charge in [0.25, 0.3) is 0 Å². The Hall–Kier alpha value is -4.16. The molecule has 1 aliphatic heterocycles. The van der Waals surface area contributed by atoms with Crippen LogP contribution in [0.3, 0.4) is 0 Å². The number of aliphatic hydroxyl groups excluding tert-OH is 1. The summed E-state index contributed by atoms with van der Waals surface area (Å²) in [5.74, 6) is 8.53. The van der Waals surface area contributed by atoms with Crippen LogP contribution in [0.5, 0.6) is 17.2 Å². The topological polar surface area (TPSA) is 109 Å². The second-order valence-electron chi connectivity index (χ2n) is 8.61. The first-order valence-electron chi connectivity index (χ1n) is 11.6. The molecule has 1 fully saturated rings. The van der Waals surface area contributed by atoms with Gasteiger partial charge in [-0.05, 0) is 42.5 Å². The average Bonchev–Trinajstić information content (AvgIpc) is 3.30. The number of methoxy groups -OCH3 is 1. The van der Waals surface area contributed by atoms with Crippen LogP contribution in [-0.4, -0.2) is 52.1 Å². The van der Waals surface area contributed by atoms with Gasteiger partial charge in [-0.15, -0.1) is 0 Å². The highest BCUT2D eigenvalue weighted by atomic mass is 16.5. The van der Waals surface area contributed by atoms with Crippen LogP contribution in [-0.2, 0) is 0 Å². The number of aliphatic hydroxyl groups is 2. The number of benzene rings is 3. The number of anilines is 2. The van der Waals surface area contributed by atoms with Crippen LogP contribution in [0.4, 0.5) is 11.5 Å². The Labute approximate surface area is 208 Å². The van der Waals surface area contributed by atoms with E-state index >= 15 is 0 Å². The Morgan fingerprint density at radius 2 is 1.94 bits per heavy atom. The third-order valence-electron chi connectivity index (χ3n) is 5.96. The molecule has 0 amide bonds. The predicted octanol–water partition coefficient (Wildman–Crippen LogP) is 3.61. The van der Waals surface area contributed by atoms with Crippen LogP contribution in [0.2, 0.25) is 0 Å². The molecule has 0 spiro atoms. The lowest BCUT2D eigenvalue weighted by Gasteiger charge is -2.14. The predicted molar refractivity (Wildman–Crippen MR) is 138 cm³/mol. The zero-order valence-electron chi connectivity index (χ0n) is 19.7. The monoisotopic (exact) mass is 482 g/mol. The van der Waals surface area contributed by atoms with E-state index in [4.69, 9.17) is 9.47 Å². The number of hydrogen-bond donors (Lipinski definition) is 4. The van der Waals surface area contributed by atoms with Gasteiger partial charge in [0.05, 0.1) is 19.2 Å². The molecule has 5 rings (SSSR count). The van der Waals surface area contributed by atoms with Crippen molar-refractivity contribution in [2.45, 2.75) is 18.1 Å². The number of hydrogen-bond acceptors (Lipinski definition) is 8. The summed E-state index contributed by atoms with van der Waals surface area (Å²) in [6.45, 7) is 0.289. The van der Waals surface area contributed by atoms with Gasteiger partial charge in [-0.2, -0.15) is 0 Å². The molecule has 0 saturated carbocycles. The van der Waals surface area contributed by atoms with Gasteiger partial charge in [-0.1, -0.05) is 30.0 Å². The lowest BCUT2D eigenvalue weighted by Crippen LogP contribution is -2.29. The molecule has 182 valence electrons. The third-order valence-corrected chi connectivity index (χ3v) is 5.96. The molecule has 0 aliphatic carbocycles. The Morgan fingerprint density at radius 1 is 1.08 bits per heavy atom. The van der Waals surface area contributed by atoms with Gasteiger partial charge in [0.15, 0.2) is 11.5 Å². The summed E-state index contributed by atoms with van der Waals surface area (Å²) in [5.41, 5.74) is 1.09. The molecule has 36 heavy (non-hydrogen) atoms. The number of aromatic nitrogens is 2. The quantitative estimate of drug-likeness (QED) is 0.309. The van der Waals surface area contributed by atoms with Crippen molar-refractivity contribution in [3.8, 4) is 29.1 Å². The number of ether oxygens (including phenoxy) is 2. The maximum Gasteiger partial charge on any atom is 0.169 e. The van der Waals surface area contributed by atoms with Crippen LogP contribution in [0.15, 0.2) is 73.1 Å². The smallest absolute Gasteiger partial charge is 0.169 e. The van der Waals surface area contributed by atoms with E-state index in [9.17, 15) is 10.2 Å². The molecule has 3 aromatic carbocycles. The van der Waals surface area contributed by atoms with Gasteiger partial charge in [-0.3, -0.25) is 0 Å². The fourth-order valence-electron chi connectivity index (χ4n) is 4.09. The molecular formula is C28H26N4O4. The first kappa shape index (κ1) is 23.6. The van der Waals surface area contributed by atoms with Crippen LogP contribution in [0.1, 0.15) is 12.0 Å². The summed E-state index contributed by atoms with van der Waals surface area (Å²) in [6, 6.07) is 20.6. The van der Waals surface area contributed by atoms with Gasteiger partial charge in [0.1, 0.15) is 23.5 Å². The summed E-state index contributed by atoms with van der Waals surface area (Å²) >= 11 is 0. The zero-order valence-corrected chi connectivity index (χ0v) is 19.7. The molecule has 8 nitrogen and oxygen atoms in total. The summed E-state index contributed by atoms with van der Waals surface area (Å²) in [5, 5.41) is 27.2. The highest BCUT2D eigenvalue weighted by molar-refractivity contribution is 5.91. The van der Waals surface area contributed by atoms with Gasteiger partial charge in [0.2, 0.25) is 0 Å². The molecule has 2 heterocycles. The van der Waals surface area contributed by atoms with Crippen molar-refractivity contribution < 1.29 is 19.7 Å². The van der Waals surface area contributed by atoms with Gasteiger partial charge in [-0.25, -0.2) is 9.97 Å². The van der Waals surface area contributed by atoms with E-state index in [2.05, 4.69) is 32.4 Å². The molecule has 0 radical (unpaired) electrons. The Morgan fingerprint density at radius 3 is 2.72 bits per heavy atom. The van der Waals surface area contributed by atoms with E-state index in [1.807, 2.05) is 66.7 Å². The van der Waals surface area contributed by atoms with Crippen molar-refractivity contribution in [1.29, 1.82) is 0 Å². The zero-order chi connectivity index (χ0) is 25.0. The Balaban J connectivity index is 1.40. The maximum absolute atomic E-state index is 10.7. The molecule has 2 unspecified atom stereocenters. The van der Waals surface area contributed by atoms with Crippen molar-refractivity contribution in [2.24, 2.45) is 0 Å². The molecule has 1 aliphatic rings. The van der Waals surface area contributed by atoms with Crippen molar-refractivity contribution in [1.82, 2.24) is 15.3 Å². The highest BCUT2D eigenvalue weighted by Gasteiger charge is 2.35. The minimum Gasteiger partial charge on any atom is -0.493 e. The largest absolute Gasteiger partial charge is 0.493 e. The normalized spacial score (nSPS) is 18.9. The molecule has 2 atom stereocenters. The minimum absolute atomic E-state index is 0.0313. The van der Waals surface area contributed by atoms with Crippen LogP contribution in [0.25, 0.3) is 10.9 Å². The molecule has 8 heteroatoms. The molecule has 1 aromatic heterocycles. The van der Waals surface area contributed by atoms with E-state index in [0.717, 1.165) is 27.9 Å². The van der Waals surface area contributed by atoms with Gasteiger partial charge >= 0.3 is 0 Å². The molecular weight excluding hydrogens is 456 g/mol. The number of para-hydroxylation sites is 1. The Bertz CT molecular complexity index is 1430. The lowest BCUT2D eigenvalue weighted by molar-refractivity contribution is 0.117. The van der Waals surface area contributed by atoms with Crippen molar-refractivity contribution in [3.05, 3.63) is 78.6 Å². The summed E-state index contributed by atoms with van der Waals surface area (Å²) in [4.78, 5) is 8.79. The standard InChI is InChI=1S/C28H26N4O4/c1-35-26-14-20(8-10-25(26)36-22-5-3-2-4-6-22)32-27-23-13-19(7-9-24(23)30-18-31-27)11-12-28(34)15-21(16-33)29-17-28/h2-10,13-14,18,21,29,33-34H,15-17H2,1H3,(H,30,31,32). The second kappa shape index (κ2) is 10.2. The van der Waals surface area contributed by atoms with E-state index in [1.54, 1.807) is 7.11 Å². The molecule has 0 bridgehead atoms. The number of nitrogens with zero attached hydrogens (tertiary/aromatic N) is 2. The molecule has 4 aromatic rings. The summed E-state index contributed by atoms with van der Waals surface area (Å²) in [7, 11) is 1.60. The number of fused-ring (bicyclic) bond motifs is 1. The van der Waals surface area contributed by atoms with Crippen molar-refractivity contribution in [3.63, 3.8) is 0 Å². The van der Waals surface area contributed by atoms with Crippen LogP contribution in [0, 0.1) is 11.8 Å². The van der Waals surface area contributed by atoms with Crippen molar-refractivity contribution >= 4 is 22.4 Å². The van der Waals surface area contributed by atoms with E-state index in [1.165, 1.54) is 6.33 Å². The van der Waals surface area contributed by atoms with Crippen LogP contribution < -0.4 is 20.1 Å². The summed E-state index contributed by atoms with van der Waals surface area (Å²) < 4.78 is 11.5. The fraction of sp³-hybridized carbons (Fsp3) is 0.214. The first-order chi connectivity index (χ1) is 17.5. The average molecular weight is 483 g/mol. The number of β-amino-alcohol motifs (C(OH)–C–C–N with tert-alkyl or cyclic N) is 1.